The van der Waals surface area contributed by atoms with Gasteiger partial charge in [0, 0.05) is 38.6 Å². The molecule has 0 bridgehead atoms. The zero-order valence-corrected chi connectivity index (χ0v) is 15.9. The van der Waals surface area contributed by atoms with Gasteiger partial charge < -0.3 is 14.5 Å². The molecule has 0 radical (unpaired) electrons. The summed E-state index contributed by atoms with van der Waals surface area (Å²) in [5.41, 5.74) is 1.36. The molecule has 2 aromatic carbocycles. The summed E-state index contributed by atoms with van der Waals surface area (Å²) in [5.74, 6) is 0.857. The van der Waals surface area contributed by atoms with Gasteiger partial charge in [-0.2, -0.15) is 0 Å². The van der Waals surface area contributed by atoms with Crippen LogP contribution in [-0.2, 0) is 6.61 Å². The van der Waals surface area contributed by atoms with E-state index in [1.165, 1.54) is 12.1 Å². The number of carbonyl (C=O) groups is 1. The lowest BCUT2D eigenvalue weighted by Gasteiger charge is -2.34. The molecular formula is C22H21FN4O2. The van der Waals surface area contributed by atoms with Crippen molar-refractivity contribution in [2.24, 2.45) is 0 Å². The van der Waals surface area contributed by atoms with Crippen molar-refractivity contribution in [2.45, 2.75) is 6.61 Å². The molecule has 6 nitrogen and oxygen atoms in total. The lowest BCUT2D eigenvalue weighted by atomic mass is 10.1. The maximum Gasteiger partial charge on any atom is 0.257 e. The van der Waals surface area contributed by atoms with Crippen molar-refractivity contribution in [1.29, 1.82) is 0 Å². The molecule has 0 atom stereocenters. The predicted octanol–water partition coefficient (Wildman–Crippen LogP) is 3.16. The van der Waals surface area contributed by atoms with E-state index in [1.54, 1.807) is 42.7 Å². The Morgan fingerprint density at radius 1 is 0.931 bits per heavy atom. The number of nitrogens with zero attached hydrogens (tertiary/aromatic N) is 4. The van der Waals surface area contributed by atoms with Crippen molar-refractivity contribution in [3.63, 3.8) is 0 Å². The topological polar surface area (TPSA) is 58.6 Å². The molecule has 0 aliphatic carbocycles. The van der Waals surface area contributed by atoms with Gasteiger partial charge in [0.2, 0.25) is 5.95 Å². The Hall–Kier alpha value is -3.48. The monoisotopic (exact) mass is 392 g/mol. The van der Waals surface area contributed by atoms with Crippen molar-refractivity contribution >= 4 is 11.9 Å². The van der Waals surface area contributed by atoms with Crippen molar-refractivity contribution in [3.8, 4) is 5.75 Å². The normalized spacial score (nSPS) is 14.0. The first kappa shape index (κ1) is 18.9. The second-order valence-electron chi connectivity index (χ2n) is 6.74. The summed E-state index contributed by atoms with van der Waals surface area (Å²) in [4.78, 5) is 25.5. The van der Waals surface area contributed by atoms with Crippen LogP contribution in [0.3, 0.4) is 0 Å². The lowest BCUT2D eigenvalue weighted by Crippen LogP contribution is -2.49. The Labute approximate surface area is 168 Å². The Morgan fingerprint density at radius 3 is 2.34 bits per heavy atom. The first-order valence-electron chi connectivity index (χ1n) is 9.48. The van der Waals surface area contributed by atoms with Crippen LogP contribution in [0.2, 0.25) is 0 Å². The summed E-state index contributed by atoms with van der Waals surface area (Å²) >= 11 is 0. The molecule has 0 spiro atoms. The Bertz CT molecular complexity index is 958. The van der Waals surface area contributed by atoms with E-state index < -0.39 is 0 Å². The highest BCUT2D eigenvalue weighted by Crippen LogP contribution is 2.22. The second-order valence-corrected chi connectivity index (χ2v) is 6.74. The SMILES string of the molecule is O=C(c1ccccc1OCc1ccc(F)cc1)N1CCN(c2ncccn2)CC1. The van der Waals surface area contributed by atoms with Gasteiger partial charge in [-0.1, -0.05) is 24.3 Å². The van der Waals surface area contributed by atoms with Gasteiger partial charge in [0.25, 0.3) is 5.91 Å². The van der Waals surface area contributed by atoms with Crippen molar-refractivity contribution in [3.05, 3.63) is 83.9 Å². The van der Waals surface area contributed by atoms with Gasteiger partial charge >= 0.3 is 0 Å². The lowest BCUT2D eigenvalue weighted by molar-refractivity contribution is 0.0741. The highest BCUT2D eigenvalue weighted by molar-refractivity contribution is 5.97. The van der Waals surface area contributed by atoms with Crippen molar-refractivity contribution in [2.75, 3.05) is 31.1 Å². The van der Waals surface area contributed by atoms with Gasteiger partial charge in [-0.15, -0.1) is 0 Å². The standard InChI is InChI=1S/C22H21FN4O2/c23-18-8-6-17(7-9-18)16-29-20-5-2-1-4-19(20)21(28)26-12-14-27(15-13-26)22-24-10-3-11-25-22/h1-11H,12-16H2. The van der Waals surface area contributed by atoms with Gasteiger partial charge in [0.1, 0.15) is 18.2 Å². The Morgan fingerprint density at radius 2 is 1.62 bits per heavy atom. The third-order valence-corrected chi connectivity index (χ3v) is 4.83. The highest BCUT2D eigenvalue weighted by atomic mass is 19.1. The summed E-state index contributed by atoms with van der Waals surface area (Å²) < 4.78 is 18.9. The number of aromatic nitrogens is 2. The number of hydrogen-bond acceptors (Lipinski definition) is 5. The molecule has 0 N–H and O–H groups in total. The third-order valence-electron chi connectivity index (χ3n) is 4.83. The highest BCUT2D eigenvalue weighted by Gasteiger charge is 2.25. The van der Waals surface area contributed by atoms with Gasteiger partial charge in [-0.25, -0.2) is 14.4 Å². The van der Waals surface area contributed by atoms with Gasteiger partial charge in [-0.3, -0.25) is 4.79 Å². The largest absolute Gasteiger partial charge is 0.488 e. The number of para-hydroxylation sites is 1. The molecule has 1 fully saturated rings. The number of halogens is 1. The Balaban J connectivity index is 1.41. The molecule has 148 valence electrons. The van der Waals surface area contributed by atoms with Crippen molar-refractivity contribution in [1.82, 2.24) is 14.9 Å². The maximum absolute atomic E-state index is 13.1. The molecule has 1 aliphatic rings. The summed E-state index contributed by atoms with van der Waals surface area (Å²) in [6.45, 7) is 2.79. The van der Waals surface area contributed by atoms with Crippen LogP contribution in [0.15, 0.2) is 67.0 Å². The quantitative estimate of drug-likeness (QED) is 0.668. The summed E-state index contributed by atoms with van der Waals surface area (Å²) in [5, 5.41) is 0. The van der Waals surface area contributed by atoms with Crippen LogP contribution < -0.4 is 9.64 Å². The van der Waals surface area contributed by atoms with E-state index in [1.807, 2.05) is 17.0 Å². The number of amides is 1. The molecule has 4 rings (SSSR count). The fourth-order valence-electron chi connectivity index (χ4n) is 3.25. The van der Waals surface area contributed by atoms with Crippen LogP contribution in [0.5, 0.6) is 5.75 Å². The fraction of sp³-hybridized carbons (Fsp3) is 0.227. The number of carbonyl (C=O) groups excluding carboxylic acids is 1. The molecule has 1 aliphatic heterocycles. The maximum atomic E-state index is 13.1. The van der Waals surface area contributed by atoms with Crippen LogP contribution in [0.25, 0.3) is 0 Å². The van der Waals surface area contributed by atoms with Crippen LogP contribution in [0.4, 0.5) is 10.3 Å². The first-order valence-corrected chi connectivity index (χ1v) is 9.48. The summed E-state index contributed by atoms with van der Waals surface area (Å²) in [7, 11) is 0. The van der Waals surface area contributed by atoms with E-state index in [-0.39, 0.29) is 18.3 Å². The molecule has 0 unspecified atom stereocenters. The summed E-state index contributed by atoms with van der Waals surface area (Å²) in [6, 6.07) is 15.1. The zero-order chi connectivity index (χ0) is 20.1. The van der Waals surface area contributed by atoms with E-state index >= 15 is 0 Å². The van der Waals surface area contributed by atoms with Crippen LogP contribution in [0.1, 0.15) is 15.9 Å². The molecule has 3 aromatic rings. The number of ether oxygens (including phenoxy) is 1. The average Bonchev–Trinajstić information content (AvgIpc) is 2.79. The Kier molecular flexibility index (Phi) is 5.65. The molecule has 1 saturated heterocycles. The van der Waals surface area contributed by atoms with Gasteiger partial charge in [-0.05, 0) is 35.9 Å². The van der Waals surface area contributed by atoms with E-state index in [4.69, 9.17) is 4.74 Å². The third kappa shape index (κ3) is 4.51. The zero-order valence-electron chi connectivity index (χ0n) is 15.9. The molecule has 1 amide bonds. The predicted molar refractivity (Wildman–Crippen MR) is 107 cm³/mol. The van der Waals surface area contributed by atoms with Crippen LogP contribution >= 0.6 is 0 Å². The van der Waals surface area contributed by atoms with E-state index in [0.717, 1.165) is 5.56 Å². The van der Waals surface area contributed by atoms with Gasteiger partial charge in [0.05, 0.1) is 5.56 Å². The molecule has 0 saturated carbocycles. The van der Waals surface area contributed by atoms with E-state index in [2.05, 4.69) is 14.9 Å². The minimum absolute atomic E-state index is 0.0617. The van der Waals surface area contributed by atoms with Gasteiger partial charge in [0.15, 0.2) is 0 Å². The van der Waals surface area contributed by atoms with Crippen LogP contribution in [0, 0.1) is 5.82 Å². The smallest absolute Gasteiger partial charge is 0.257 e. The first-order chi connectivity index (χ1) is 14.2. The number of rotatable bonds is 5. The number of piperazine rings is 1. The molecule has 1 aromatic heterocycles. The minimum atomic E-state index is -0.288. The summed E-state index contributed by atoms with van der Waals surface area (Å²) in [6.07, 6.45) is 3.43. The van der Waals surface area contributed by atoms with E-state index in [9.17, 15) is 9.18 Å². The molecule has 7 heteroatoms. The molecule has 29 heavy (non-hydrogen) atoms. The number of benzene rings is 2. The second kappa shape index (κ2) is 8.68. The number of anilines is 1. The van der Waals surface area contributed by atoms with Crippen molar-refractivity contribution < 1.29 is 13.9 Å². The van der Waals surface area contributed by atoms with Crippen LogP contribution in [-0.4, -0.2) is 47.0 Å². The minimum Gasteiger partial charge on any atom is -0.488 e. The fourth-order valence-corrected chi connectivity index (χ4v) is 3.25. The number of hydrogen-bond donors (Lipinski definition) is 0. The average molecular weight is 392 g/mol. The molecule has 2 heterocycles. The van der Waals surface area contributed by atoms with E-state index in [0.29, 0.717) is 43.4 Å². The molecular weight excluding hydrogens is 371 g/mol.